The molecule has 9 heteroatoms. The summed E-state index contributed by atoms with van der Waals surface area (Å²) in [6, 6.07) is 2.74. The number of carbonyl (C=O) groups excluding carboxylic acids is 2. The van der Waals surface area contributed by atoms with Gasteiger partial charge >= 0.3 is 6.36 Å². The molecule has 0 saturated carbocycles. The number of piperidine rings is 1. The number of alkyl halides is 3. The van der Waals surface area contributed by atoms with E-state index in [1.807, 2.05) is 13.8 Å². The van der Waals surface area contributed by atoms with Crippen molar-refractivity contribution in [3.8, 4) is 5.75 Å². The van der Waals surface area contributed by atoms with E-state index in [-0.39, 0.29) is 35.8 Å². The van der Waals surface area contributed by atoms with Crippen LogP contribution in [-0.2, 0) is 9.59 Å². The van der Waals surface area contributed by atoms with Gasteiger partial charge in [-0.25, -0.2) is 4.39 Å². The second kappa shape index (κ2) is 8.58. The second-order valence-electron chi connectivity index (χ2n) is 6.87. The monoisotopic (exact) mass is 390 g/mol. The molecule has 150 valence electrons. The van der Waals surface area contributed by atoms with Crippen molar-refractivity contribution >= 4 is 17.5 Å². The fraction of sp³-hybridized carbons (Fsp3) is 0.556. The molecule has 1 fully saturated rings. The number of likely N-dealkylation sites (tertiary alicyclic amines) is 1. The van der Waals surface area contributed by atoms with Crippen molar-refractivity contribution in [3.63, 3.8) is 0 Å². The van der Waals surface area contributed by atoms with Crippen molar-refractivity contribution in [2.45, 2.75) is 39.5 Å². The summed E-state index contributed by atoms with van der Waals surface area (Å²) in [4.78, 5) is 25.8. The topological polar surface area (TPSA) is 58.6 Å². The molecule has 0 aliphatic carbocycles. The largest absolute Gasteiger partial charge is 0.573 e. The molecule has 1 aromatic rings. The van der Waals surface area contributed by atoms with Crippen molar-refractivity contribution in [3.05, 3.63) is 24.0 Å². The standard InChI is InChI=1S/C18H22F4N2O3/c1-11(2)17(26)24-7-5-12(6-8-24)9-16(25)23-13-3-4-15(14(19)10-13)27-18(20,21)22/h3-4,10-12H,5-9H2,1-2H3,(H,23,25). The van der Waals surface area contributed by atoms with Gasteiger partial charge < -0.3 is 15.0 Å². The van der Waals surface area contributed by atoms with Crippen molar-refractivity contribution < 1.29 is 31.9 Å². The van der Waals surface area contributed by atoms with Gasteiger partial charge in [-0.2, -0.15) is 0 Å². The molecule has 0 radical (unpaired) electrons. The van der Waals surface area contributed by atoms with E-state index >= 15 is 0 Å². The summed E-state index contributed by atoms with van der Waals surface area (Å²) in [6.07, 6.45) is -3.40. The third-order valence-corrected chi connectivity index (χ3v) is 4.34. The van der Waals surface area contributed by atoms with Crippen LogP contribution < -0.4 is 10.1 Å². The van der Waals surface area contributed by atoms with Gasteiger partial charge in [-0.3, -0.25) is 9.59 Å². The molecular formula is C18H22F4N2O3. The molecule has 1 N–H and O–H groups in total. The Kier molecular flexibility index (Phi) is 6.67. The highest BCUT2D eigenvalue weighted by molar-refractivity contribution is 5.91. The summed E-state index contributed by atoms with van der Waals surface area (Å²) < 4.78 is 53.6. The zero-order valence-electron chi connectivity index (χ0n) is 15.1. The van der Waals surface area contributed by atoms with Crippen LogP contribution in [0.3, 0.4) is 0 Å². The first-order chi connectivity index (χ1) is 12.5. The highest BCUT2D eigenvalue weighted by atomic mass is 19.4. The van der Waals surface area contributed by atoms with Gasteiger partial charge in [0.05, 0.1) is 0 Å². The number of carbonyl (C=O) groups is 2. The van der Waals surface area contributed by atoms with Crippen LogP contribution in [0.5, 0.6) is 5.75 Å². The fourth-order valence-electron chi connectivity index (χ4n) is 2.98. The van der Waals surface area contributed by atoms with Gasteiger partial charge in [0, 0.05) is 37.2 Å². The Balaban J connectivity index is 1.84. The van der Waals surface area contributed by atoms with Crippen molar-refractivity contribution in [1.82, 2.24) is 4.90 Å². The molecular weight excluding hydrogens is 368 g/mol. The molecule has 0 spiro atoms. The van der Waals surface area contributed by atoms with Gasteiger partial charge in [0.2, 0.25) is 11.8 Å². The normalized spacial score (nSPS) is 15.7. The van der Waals surface area contributed by atoms with Crippen LogP contribution >= 0.6 is 0 Å². The van der Waals surface area contributed by atoms with Crippen LogP contribution in [0, 0.1) is 17.7 Å². The number of benzene rings is 1. The molecule has 27 heavy (non-hydrogen) atoms. The van der Waals surface area contributed by atoms with Crippen LogP contribution in [0.15, 0.2) is 18.2 Å². The van der Waals surface area contributed by atoms with E-state index in [0.29, 0.717) is 25.9 Å². The van der Waals surface area contributed by atoms with E-state index in [2.05, 4.69) is 10.1 Å². The minimum atomic E-state index is -4.99. The average Bonchev–Trinajstić information content (AvgIpc) is 2.56. The zero-order valence-corrected chi connectivity index (χ0v) is 15.1. The predicted octanol–water partition coefficient (Wildman–Crippen LogP) is 3.95. The van der Waals surface area contributed by atoms with Gasteiger partial charge in [-0.1, -0.05) is 13.8 Å². The Bertz CT molecular complexity index is 684. The molecule has 1 aliphatic heterocycles. The Morgan fingerprint density at radius 2 is 1.89 bits per heavy atom. The molecule has 0 aromatic heterocycles. The third-order valence-electron chi connectivity index (χ3n) is 4.34. The molecule has 1 aliphatic rings. The van der Waals surface area contributed by atoms with Gasteiger partial charge in [-0.15, -0.1) is 13.2 Å². The summed E-state index contributed by atoms with van der Waals surface area (Å²) in [5.41, 5.74) is 0.0550. The van der Waals surface area contributed by atoms with Gasteiger partial charge in [0.25, 0.3) is 0 Å². The fourth-order valence-corrected chi connectivity index (χ4v) is 2.98. The number of ether oxygens (including phenoxy) is 1. The molecule has 1 heterocycles. The lowest BCUT2D eigenvalue weighted by molar-refractivity contribution is -0.275. The predicted molar refractivity (Wildman–Crippen MR) is 90.5 cm³/mol. The summed E-state index contributed by atoms with van der Waals surface area (Å²) in [5, 5.41) is 2.48. The lowest BCUT2D eigenvalue weighted by atomic mass is 9.92. The van der Waals surface area contributed by atoms with Crippen LogP contribution in [0.1, 0.15) is 33.1 Å². The van der Waals surface area contributed by atoms with Crippen molar-refractivity contribution in [1.29, 1.82) is 0 Å². The lowest BCUT2D eigenvalue weighted by Gasteiger charge is -2.32. The van der Waals surface area contributed by atoms with E-state index in [1.54, 1.807) is 4.90 Å². The first kappa shape index (κ1) is 21.0. The maximum Gasteiger partial charge on any atom is 0.573 e. The van der Waals surface area contributed by atoms with Crippen LogP contribution in [0.25, 0.3) is 0 Å². The van der Waals surface area contributed by atoms with E-state index in [4.69, 9.17) is 0 Å². The minimum absolute atomic E-state index is 0.0550. The average molecular weight is 390 g/mol. The summed E-state index contributed by atoms with van der Waals surface area (Å²) in [6.45, 7) is 4.86. The Hall–Kier alpha value is -2.32. The number of nitrogens with zero attached hydrogens (tertiary/aromatic N) is 1. The number of nitrogens with one attached hydrogen (secondary N) is 1. The highest BCUT2D eigenvalue weighted by Crippen LogP contribution is 2.28. The maximum atomic E-state index is 13.7. The molecule has 0 unspecified atom stereocenters. The van der Waals surface area contributed by atoms with Crippen LogP contribution in [0.4, 0.5) is 23.2 Å². The molecule has 2 rings (SSSR count). The van der Waals surface area contributed by atoms with Crippen LogP contribution in [-0.4, -0.2) is 36.2 Å². The first-order valence-corrected chi connectivity index (χ1v) is 8.69. The molecule has 1 saturated heterocycles. The number of anilines is 1. The van der Waals surface area contributed by atoms with Gasteiger partial charge in [0.15, 0.2) is 11.6 Å². The summed E-state index contributed by atoms with van der Waals surface area (Å²) >= 11 is 0. The van der Waals surface area contributed by atoms with Crippen molar-refractivity contribution in [2.75, 3.05) is 18.4 Å². The number of rotatable bonds is 5. The smallest absolute Gasteiger partial charge is 0.403 e. The molecule has 0 atom stereocenters. The number of hydrogen-bond acceptors (Lipinski definition) is 3. The zero-order chi connectivity index (χ0) is 20.2. The maximum absolute atomic E-state index is 13.7. The van der Waals surface area contributed by atoms with Gasteiger partial charge in [-0.05, 0) is 30.9 Å². The number of halogens is 4. The number of amides is 2. The first-order valence-electron chi connectivity index (χ1n) is 8.69. The Morgan fingerprint density at radius 1 is 1.26 bits per heavy atom. The Morgan fingerprint density at radius 3 is 2.41 bits per heavy atom. The second-order valence-corrected chi connectivity index (χ2v) is 6.87. The lowest BCUT2D eigenvalue weighted by Crippen LogP contribution is -2.41. The van der Waals surface area contributed by atoms with Gasteiger partial charge in [0.1, 0.15) is 0 Å². The molecule has 5 nitrogen and oxygen atoms in total. The van der Waals surface area contributed by atoms with Crippen LogP contribution in [0.2, 0.25) is 0 Å². The molecule has 2 amide bonds. The quantitative estimate of drug-likeness (QED) is 0.775. The van der Waals surface area contributed by atoms with E-state index < -0.39 is 17.9 Å². The summed E-state index contributed by atoms with van der Waals surface area (Å²) in [7, 11) is 0. The molecule has 0 bridgehead atoms. The SMILES string of the molecule is CC(C)C(=O)N1CCC(CC(=O)Nc2ccc(OC(F)(F)F)c(F)c2)CC1. The summed E-state index contributed by atoms with van der Waals surface area (Å²) in [5.74, 6) is -2.40. The van der Waals surface area contributed by atoms with Crippen molar-refractivity contribution in [2.24, 2.45) is 11.8 Å². The van der Waals surface area contributed by atoms with E-state index in [1.165, 1.54) is 0 Å². The number of hydrogen-bond donors (Lipinski definition) is 1. The Labute approximate surface area is 154 Å². The van der Waals surface area contributed by atoms with E-state index in [0.717, 1.165) is 18.2 Å². The minimum Gasteiger partial charge on any atom is -0.403 e. The highest BCUT2D eigenvalue weighted by Gasteiger charge is 2.32. The molecule has 1 aromatic carbocycles. The third kappa shape index (κ3) is 6.41. The van der Waals surface area contributed by atoms with E-state index in [9.17, 15) is 27.2 Å².